The fraction of sp³-hybridized carbons (Fsp3) is 1.00. The lowest BCUT2D eigenvalue weighted by atomic mass is 10.4. The standard InChI is InChI=1S/C10H23N3O4S/c1-16-8-5-12(4-2-3-11)18(14,15)13-6-9-17-10-7-13/h2-11H2,1H3. The van der Waals surface area contributed by atoms with E-state index in [2.05, 4.69) is 0 Å². The maximum Gasteiger partial charge on any atom is 0.282 e. The smallest absolute Gasteiger partial charge is 0.282 e. The molecule has 1 heterocycles. The summed E-state index contributed by atoms with van der Waals surface area (Å²) in [5.41, 5.74) is 5.44. The summed E-state index contributed by atoms with van der Waals surface area (Å²) in [7, 11) is -1.86. The van der Waals surface area contributed by atoms with Gasteiger partial charge in [-0.1, -0.05) is 0 Å². The quantitative estimate of drug-likeness (QED) is 0.608. The Morgan fingerprint density at radius 1 is 1.33 bits per heavy atom. The van der Waals surface area contributed by atoms with Crippen LogP contribution in [0.2, 0.25) is 0 Å². The van der Waals surface area contributed by atoms with Crippen LogP contribution in [0.15, 0.2) is 0 Å². The molecule has 0 unspecified atom stereocenters. The summed E-state index contributed by atoms with van der Waals surface area (Å²) in [5.74, 6) is 0. The van der Waals surface area contributed by atoms with E-state index in [1.165, 1.54) is 8.61 Å². The van der Waals surface area contributed by atoms with Crippen molar-refractivity contribution < 1.29 is 17.9 Å². The Bertz CT molecular complexity index is 309. The third-order valence-corrected chi connectivity index (χ3v) is 4.81. The molecule has 0 radical (unpaired) electrons. The van der Waals surface area contributed by atoms with E-state index in [0.29, 0.717) is 59.0 Å². The summed E-state index contributed by atoms with van der Waals surface area (Å²) in [4.78, 5) is 0. The number of rotatable bonds is 8. The van der Waals surface area contributed by atoms with E-state index < -0.39 is 10.2 Å². The molecule has 1 aliphatic heterocycles. The number of ether oxygens (including phenoxy) is 2. The number of morpholine rings is 1. The van der Waals surface area contributed by atoms with Gasteiger partial charge >= 0.3 is 0 Å². The van der Waals surface area contributed by atoms with Crippen LogP contribution in [0.4, 0.5) is 0 Å². The van der Waals surface area contributed by atoms with E-state index in [-0.39, 0.29) is 0 Å². The van der Waals surface area contributed by atoms with Crippen molar-refractivity contribution in [3.05, 3.63) is 0 Å². The number of methoxy groups -OCH3 is 1. The Balaban J connectivity index is 2.66. The number of nitrogens with zero attached hydrogens (tertiary/aromatic N) is 2. The first kappa shape index (κ1) is 15.8. The molecule has 7 nitrogen and oxygen atoms in total. The molecule has 1 saturated heterocycles. The fourth-order valence-electron chi connectivity index (χ4n) is 1.74. The molecule has 0 bridgehead atoms. The molecule has 0 amide bonds. The van der Waals surface area contributed by atoms with E-state index in [0.717, 1.165) is 0 Å². The molecule has 0 atom stereocenters. The predicted molar refractivity (Wildman–Crippen MR) is 68.4 cm³/mol. The fourth-order valence-corrected chi connectivity index (χ4v) is 3.35. The lowest BCUT2D eigenvalue weighted by molar-refractivity contribution is 0.0694. The van der Waals surface area contributed by atoms with Crippen molar-refractivity contribution in [2.24, 2.45) is 5.73 Å². The first-order valence-electron chi connectivity index (χ1n) is 6.15. The Morgan fingerprint density at radius 2 is 2.00 bits per heavy atom. The van der Waals surface area contributed by atoms with Crippen LogP contribution < -0.4 is 5.73 Å². The summed E-state index contributed by atoms with van der Waals surface area (Å²) in [5, 5.41) is 0. The first-order chi connectivity index (χ1) is 8.62. The van der Waals surface area contributed by atoms with Crippen molar-refractivity contribution in [2.75, 3.05) is 59.7 Å². The molecule has 1 fully saturated rings. The van der Waals surface area contributed by atoms with Crippen LogP contribution in [0.3, 0.4) is 0 Å². The number of hydrogen-bond acceptors (Lipinski definition) is 5. The van der Waals surface area contributed by atoms with Gasteiger partial charge in [-0.3, -0.25) is 0 Å². The molecular weight excluding hydrogens is 258 g/mol. The maximum absolute atomic E-state index is 12.4. The zero-order valence-electron chi connectivity index (χ0n) is 10.9. The average Bonchev–Trinajstić information content (AvgIpc) is 2.39. The average molecular weight is 281 g/mol. The molecule has 0 spiro atoms. The lowest BCUT2D eigenvalue weighted by Gasteiger charge is -2.32. The Morgan fingerprint density at radius 3 is 2.56 bits per heavy atom. The monoisotopic (exact) mass is 281 g/mol. The van der Waals surface area contributed by atoms with Gasteiger partial charge in [-0.15, -0.1) is 0 Å². The van der Waals surface area contributed by atoms with Crippen LogP contribution >= 0.6 is 0 Å². The van der Waals surface area contributed by atoms with Crippen molar-refractivity contribution in [3.63, 3.8) is 0 Å². The van der Waals surface area contributed by atoms with E-state index in [1.807, 2.05) is 0 Å². The highest BCUT2D eigenvalue weighted by Crippen LogP contribution is 2.11. The minimum Gasteiger partial charge on any atom is -0.383 e. The zero-order valence-corrected chi connectivity index (χ0v) is 11.7. The van der Waals surface area contributed by atoms with E-state index >= 15 is 0 Å². The van der Waals surface area contributed by atoms with E-state index in [1.54, 1.807) is 7.11 Å². The van der Waals surface area contributed by atoms with Gasteiger partial charge in [0.15, 0.2) is 0 Å². The van der Waals surface area contributed by atoms with Crippen molar-refractivity contribution in [2.45, 2.75) is 6.42 Å². The van der Waals surface area contributed by atoms with Gasteiger partial charge in [0, 0.05) is 33.3 Å². The molecule has 108 valence electrons. The molecule has 1 aliphatic rings. The van der Waals surface area contributed by atoms with Gasteiger partial charge in [0.25, 0.3) is 10.2 Å². The molecule has 0 aromatic heterocycles. The second-order valence-electron chi connectivity index (χ2n) is 4.05. The zero-order chi connectivity index (χ0) is 13.4. The van der Waals surface area contributed by atoms with Crippen LogP contribution in [0.5, 0.6) is 0 Å². The Labute approximate surface area is 109 Å². The highest BCUT2D eigenvalue weighted by Gasteiger charge is 2.30. The van der Waals surface area contributed by atoms with Gasteiger partial charge in [-0.25, -0.2) is 0 Å². The first-order valence-corrected chi connectivity index (χ1v) is 7.54. The number of nitrogens with two attached hydrogens (primary N) is 1. The minimum atomic E-state index is -3.42. The van der Waals surface area contributed by atoms with E-state index in [4.69, 9.17) is 15.2 Å². The summed E-state index contributed by atoms with van der Waals surface area (Å²) in [6.45, 7) is 3.37. The second-order valence-corrected chi connectivity index (χ2v) is 5.98. The molecule has 1 rings (SSSR count). The Kier molecular flexibility index (Phi) is 7.05. The summed E-state index contributed by atoms with van der Waals surface area (Å²) in [6.07, 6.45) is 0.646. The van der Waals surface area contributed by atoms with Crippen molar-refractivity contribution >= 4 is 10.2 Å². The molecule has 2 N–H and O–H groups in total. The summed E-state index contributed by atoms with van der Waals surface area (Å²) < 4.78 is 37.8. The topological polar surface area (TPSA) is 85.1 Å². The number of hydrogen-bond donors (Lipinski definition) is 1. The van der Waals surface area contributed by atoms with Gasteiger partial charge in [-0.2, -0.15) is 17.0 Å². The van der Waals surface area contributed by atoms with Crippen LogP contribution in [0, 0.1) is 0 Å². The molecule has 0 saturated carbocycles. The molecular formula is C10H23N3O4S. The molecule has 18 heavy (non-hydrogen) atoms. The van der Waals surface area contributed by atoms with Crippen molar-refractivity contribution in [1.29, 1.82) is 0 Å². The molecule has 0 aromatic carbocycles. The molecule has 0 aliphatic carbocycles. The highest BCUT2D eigenvalue weighted by atomic mass is 32.2. The van der Waals surface area contributed by atoms with Gasteiger partial charge in [0.1, 0.15) is 0 Å². The maximum atomic E-state index is 12.4. The van der Waals surface area contributed by atoms with Crippen LogP contribution in [0.25, 0.3) is 0 Å². The van der Waals surface area contributed by atoms with Crippen LogP contribution in [-0.4, -0.2) is 76.7 Å². The van der Waals surface area contributed by atoms with Crippen LogP contribution in [-0.2, 0) is 19.7 Å². The summed E-state index contributed by atoms with van der Waals surface area (Å²) in [6, 6.07) is 0. The van der Waals surface area contributed by atoms with Gasteiger partial charge < -0.3 is 15.2 Å². The largest absolute Gasteiger partial charge is 0.383 e. The van der Waals surface area contributed by atoms with Gasteiger partial charge in [-0.05, 0) is 13.0 Å². The van der Waals surface area contributed by atoms with Crippen molar-refractivity contribution in [1.82, 2.24) is 8.61 Å². The Hall–Kier alpha value is -0.250. The SMILES string of the molecule is COCCN(CCCN)S(=O)(=O)N1CCOCC1. The second kappa shape index (κ2) is 8.03. The highest BCUT2D eigenvalue weighted by molar-refractivity contribution is 7.86. The normalized spacial score (nSPS) is 18.4. The summed E-state index contributed by atoms with van der Waals surface area (Å²) >= 11 is 0. The van der Waals surface area contributed by atoms with Crippen LogP contribution in [0.1, 0.15) is 6.42 Å². The predicted octanol–water partition coefficient (Wildman–Crippen LogP) is -1.14. The third kappa shape index (κ3) is 4.45. The van der Waals surface area contributed by atoms with E-state index in [9.17, 15) is 8.42 Å². The van der Waals surface area contributed by atoms with Crippen molar-refractivity contribution in [3.8, 4) is 0 Å². The molecule has 8 heteroatoms. The third-order valence-electron chi connectivity index (χ3n) is 2.78. The molecule has 0 aromatic rings. The lowest BCUT2D eigenvalue weighted by Crippen LogP contribution is -2.49. The van der Waals surface area contributed by atoms with Gasteiger partial charge in [0.2, 0.25) is 0 Å². The van der Waals surface area contributed by atoms with Gasteiger partial charge in [0.05, 0.1) is 19.8 Å². The minimum absolute atomic E-state index is 0.357.